The van der Waals surface area contributed by atoms with Crippen LogP contribution in [-0.4, -0.2) is 16.8 Å². The van der Waals surface area contributed by atoms with Crippen LogP contribution in [0.15, 0.2) is 43.1 Å². The Bertz CT molecular complexity index is 679. The normalized spacial score (nSPS) is 12.6. The predicted octanol–water partition coefficient (Wildman–Crippen LogP) is 4.48. The van der Waals surface area contributed by atoms with Gasteiger partial charge in [-0.1, -0.05) is 44.7 Å². The Morgan fingerprint density at radius 2 is 2.14 bits per heavy atom. The van der Waals surface area contributed by atoms with E-state index >= 15 is 0 Å². The zero-order valence-corrected chi connectivity index (χ0v) is 14.2. The fourth-order valence-electron chi connectivity index (χ4n) is 3.05. The van der Waals surface area contributed by atoms with Crippen molar-refractivity contribution in [3.63, 3.8) is 0 Å². The highest BCUT2D eigenvalue weighted by atomic mass is 15.3. The molecule has 0 aliphatic carbocycles. The highest BCUT2D eigenvalue weighted by Crippen LogP contribution is 2.34. The molecule has 22 heavy (non-hydrogen) atoms. The van der Waals surface area contributed by atoms with E-state index in [4.69, 9.17) is 5.10 Å². The van der Waals surface area contributed by atoms with Crippen molar-refractivity contribution < 1.29 is 0 Å². The van der Waals surface area contributed by atoms with Gasteiger partial charge in [0.25, 0.3) is 0 Å². The molecule has 1 aromatic carbocycles. The third kappa shape index (κ3) is 2.94. The number of likely N-dealkylation sites (N-methyl/N-ethyl adjacent to an activating group) is 1. The van der Waals surface area contributed by atoms with Gasteiger partial charge in [0.2, 0.25) is 0 Å². The molecule has 3 heteroatoms. The van der Waals surface area contributed by atoms with Gasteiger partial charge in [0.1, 0.15) is 0 Å². The van der Waals surface area contributed by atoms with Crippen molar-refractivity contribution in [3.8, 4) is 0 Å². The SMILES string of the molecule is C=CCCC(C(=C)NC)c1nn(C)c2c(C(C)C)cccc12. The van der Waals surface area contributed by atoms with E-state index in [1.807, 2.05) is 24.9 Å². The van der Waals surface area contributed by atoms with Gasteiger partial charge in [-0.3, -0.25) is 4.68 Å². The molecule has 0 fully saturated rings. The van der Waals surface area contributed by atoms with Crippen molar-refractivity contribution in [1.82, 2.24) is 15.1 Å². The highest BCUT2D eigenvalue weighted by Gasteiger charge is 2.22. The number of benzene rings is 1. The van der Waals surface area contributed by atoms with Crippen LogP contribution in [0.4, 0.5) is 0 Å². The van der Waals surface area contributed by atoms with Gasteiger partial charge in [-0.05, 0) is 24.3 Å². The van der Waals surface area contributed by atoms with E-state index in [1.54, 1.807) is 0 Å². The first-order valence-electron chi connectivity index (χ1n) is 7.94. The number of rotatable bonds is 7. The Kier molecular flexibility index (Phi) is 5.07. The predicted molar refractivity (Wildman–Crippen MR) is 95.2 cm³/mol. The molecule has 0 spiro atoms. The molecule has 1 heterocycles. The number of aromatic nitrogens is 2. The van der Waals surface area contributed by atoms with Crippen LogP contribution in [0.3, 0.4) is 0 Å². The Labute approximate surface area is 133 Å². The molecule has 0 saturated heterocycles. The number of allylic oxidation sites excluding steroid dienone is 2. The van der Waals surface area contributed by atoms with Gasteiger partial charge in [-0.15, -0.1) is 6.58 Å². The summed E-state index contributed by atoms with van der Waals surface area (Å²) in [6.45, 7) is 12.5. The fraction of sp³-hybridized carbons (Fsp3) is 0.421. The lowest BCUT2D eigenvalue weighted by Crippen LogP contribution is -2.14. The second-order valence-corrected chi connectivity index (χ2v) is 6.10. The summed E-state index contributed by atoms with van der Waals surface area (Å²) in [6, 6.07) is 6.51. The summed E-state index contributed by atoms with van der Waals surface area (Å²) < 4.78 is 2.02. The van der Waals surface area contributed by atoms with E-state index in [0.29, 0.717) is 5.92 Å². The lowest BCUT2D eigenvalue weighted by molar-refractivity contribution is 0.639. The maximum Gasteiger partial charge on any atom is 0.0792 e. The van der Waals surface area contributed by atoms with Crippen LogP contribution < -0.4 is 5.32 Å². The highest BCUT2D eigenvalue weighted by molar-refractivity contribution is 5.86. The van der Waals surface area contributed by atoms with Crippen molar-refractivity contribution in [1.29, 1.82) is 0 Å². The van der Waals surface area contributed by atoms with Crippen molar-refractivity contribution >= 4 is 10.9 Å². The fourth-order valence-corrected chi connectivity index (χ4v) is 3.05. The monoisotopic (exact) mass is 297 g/mol. The molecule has 2 rings (SSSR count). The molecule has 1 N–H and O–H groups in total. The Balaban J connectivity index is 2.61. The molecule has 0 bridgehead atoms. The van der Waals surface area contributed by atoms with Gasteiger partial charge in [-0.25, -0.2) is 0 Å². The third-order valence-corrected chi connectivity index (χ3v) is 4.28. The summed E-state index contributed by atoms with van der Waals surface area (Å²) >= 11 is 0. The number of nitrogens with zero attached hydrogens (tertiary/aromatic N) is 2. The van der Waals surface area contributed by atoms with Gasteiger partial charge in [0, 0.05) is 31.1 Å². The average Bonchev–Trinajstić information content (AvgIpc) is 2.84. The molecule has 1 atom stereocenters. The number of fused-ring (bicyclic) bond motifs is 1. The lowest BCUT2D eigenvalue weighted by atomic mass is 9.92. The van der Waals surface area contributed by atoms with Crippen LogP contribution in [0.2, 0.25) is 0 Å². The van der Waals surface area contributed by atoms with Crippen LogP contribution in [0.5, 0.6) is 0 Å². The van der Waals surface area contributed by atoms with Crippen LogP contribution in [0.1, 0.15) is 49.8 Å². The molecule has 0 radical (unpaired) electrons. The zero-order chi connectivity index (χ0) is 16.3. The molecular formula is C19H27N3. The first kappa shape index (κ1) is 16.3. The van der Waals surface area contributed by atoms with Crippen LogP contribution in [0, 0.1) is 0 Å². The minimum atomic E-state index is 0.203. The molecule has 3 nitrogen and oxygen atoms in total. The van der Waals surface area contributed by atoms with Crippen LogP contribution >= 0.6 is 0 Å². The van der Waals surface area contributed by atoms with Crippen molar-refractivity contribution in [2.45, 2.75) is 38.5 Å². The second kappa shape index (κ2) is 6.82. The van der Waals surface area contributed by atoms with E-state index in [2.05, 4.69) is 50.5 Å². The maximum atomic E-state index is 4.84. The van der Waals surface area contributed by atoms with E-state index in [9.17, 15) is 0 Å². The van der Waals surface area contributed by atoms with Crippen LogP contribution in [-0.2, 0) is 7.05 Å². The smallest absolute Gasteiger partial charge is 0.0792 e. The van der Waals surface area contributed by atoms with E-state index in [1.165, 1.54) is 16.5 Å². The average molecular weight is 297 g/mol. The molecule has 0 aliphatic heterocycles. The van der Waals surface area contributed by atoms with E-state index in [-0.39, 0.29) is 5.92 Å². The topological polar surface area (TPSA) is 29.9 Å². The van der Waals surface area contributed by atoms with Crippen LogP contribution in [0.25, 0.3) is 10.9 Å². The van der Waals surface area contributed by atoms with Gasteiger partial charge < -0.3 is 5.32 Å². The van der Waals surface area contributed by atoms with Crippen molar-refractivity contribution in [2.75, 3.05) is 7.05 Å². The molecule has 2 aromatic rings. The minimum Gasteiger partial charge on any atom is -0.391 e. The Hall–Kier alpha value is -2.03. The lowest BCUT2D eigenvalue weighted by Gasteiger charge is -2.17. The largest absolute Gasteiger partial charge is 0.391 e. The minimum absolute atomic E-state index is 0.203. The third-order valence-electron chi connectivity index (χ3n) is 4.28. The summed E-state index contributed by atoms with van der Waals surface area (Å²) in [5.41, 5.74) is 4.70. The zero-order valence-electron chi connectivity index (χ0n) is 14.2. The number of hydrogen-bond donors (Lipinski definition) is 1. The van der Waals surface area contributed by atoms with Gasteiger partial charge in [0.15, 0.2) is 0 Å². The summed E-state index contributed by atoms with van der Waals surface area (Å²) in [5.74, 6) is 0.681. The number of aryl methyl sites for hydroxylation is 1. The number of para-hydroxylation sites is 1. The molecule has 118 valence electrons. The summed E-state index contributed by atoms with van der Waals surface area (Å²) in [7, 11) is 3.96. The van der Waals surface area contributed by atoms with E-state index < -0.39 is 0 Å². The molecule has 0 aliphatic rings. The van der Waals surface area contributed by atoms with Gasteiger partial charge >= 0.3 is 0 Å². The standard InChI is InChI=1S/C19H27N3/c1-7-8-10-16(14(4)20-5)18-17-12-9-11-15(13(2)3)19(17)22(6)21-18/h7,9,11-13,16,20H,1,4,8,10H2,2-3,5-6H3. The number of nitrogens with one attached hydrogen (secondary N) is 1. The first-order chi connectivity index (χ1) is 10.5. The van der Waals surface area contributed by atoms with Gasteiger partial charge in [0.05, 0.1) is 11.2 Å². The molecule has 0 amide bonds. The quantitative estimate of drug-likeness (QED) is 0.764. The van der Waals surface area contributed by atoms with E-state index in [0.717, 1.165) is 24.2 Å². The number of hydrogen-bond acceptors (Lipinski definition) is 2. The first-order valence-corrected chi connectivity index (χ1v) is 7.94. The Morgan fingerprint density at radius 3 is 2.73 bits per heavy atom. The molecule has 1 unspecified atom stereocenters. The molecule has 1 aromatic heterocycles. The maximum absolute atomic E-state index is 4.84. The Morgan fingerprint density at radius 1 is 1.41 bits per heavy atom. The van der Waals surface area contributed by atoms with Crippen molar-refractivity contribution in [3.05, 3.63) is 54.4 Å². The summed E-state index contributed by atoms with van der Waals surface area (Å²) in [5, 5.41) is 9.28. The second-order valence-electron chi connectivity index (χ2n) is 6.10. The van der Waals surface area contributed by atoms with Gasteiger partial charge in [-0.2, -0.15) is 5.10 Å². The summed E-state index contributed by atoms with van der Waals surface area (Å²) in [4.78, 5) is 0. The molecule has 0 saturated carbocycles. The van der Waals surface area contributed by atoms with Crippen molar-refractivity contribution in [2.24, 2.45) is 7.05 Å². The molecular weight excluding hydrogens is 270 g/mol. The summed E-state index contributed by atoms with van der Waals surface area (Å²) in [6.07, 6.45) is 3.88.